The number of halogens is 1. The minimum absolute atomic E-state index is 0.0730. The maximum atomic E-state index is 13.6. The zero-order valence-electron chi connectivity index (χ0n) is 16.2. The Bertz CT molecular complexity index is 1050. The number of aromatic hydroxyl groups is 1. The Hall–Kier alpha value is -2.82. The smallest absolute Gasteiger partial charge is 0.337 e. The number of aromatic nitrogens is 1. The molecule has 5 heteroatoms. The lowest BCUT2D eigenvalue weighted by molar-refractivity contribution is 0.0601. The Morgan fingerprint density at radius 2 is 1.89 bits per heavy atom. The minimum atomic E-state index is -0.466. The molecule has 1 heterocycles. The second-order valence-corrected chi connectivity index (χ2v) is 7.54. The quantitative estimate of drug-likeness (QED) is 0.608. The molecule has 0 bridgehead atoms. The van der Waals surface area contributed by atoms with Gasteiger partial charge in [-0.2, -0.15) is 0 Å². The minimum Gasteiger partial charge on any atom is -0.507 e. The third-order valence-electron chi connectivity index (χ3n) is 5.89. The predicted molar refractivity (Wildman–Crippen MR) is 107 cm³/mol. The van der Waals surface area contributed by atoms with Gasteiger partial charge in [0.05, 0.1) is 18.4 Å². The van der Waals surface area contributed by atoms with E-state index in [1.165, 1.54) is 38.0 Å². The number of phenolic OH excluding ortho intramolecular Hbond substituents is 1. The van der Waals surface area contributed by atoms with E-state index in [-0.39, 0.29) is 11.7 Å². The number of aryl methyl sites for hydroxylation is 1. The fraction of sp³-hybridized carbons (Fsp3) is 0.348. The molecular weight excluding hydrogens is 357 g/mol. The van der Waals surface area contributed by atoms with Gasteiger partial charge in [0.2, 0.25) is 0 Å². The van der Waals surface area contributed by atoms with E-state index in [9.17, 15) is 14.3 Å². The monoisotopic (exact) mass is 381 g/mol. The molecule has 4 rings (SSSR count). The van der Waals surface area contributed by atoms with Crippen LogP contribution in [0.5, 0.6) is 5.75 Å². The Morgan fingerprint density at radius 1 is 1.14 bits per heavy atom. The second kappa shape index (κ2) is 7.30. The van der Waals surface area contributed by atoms with E-state index in [4.69, 9.17) is 4.74 Å². The number of carbonyl (C=O) groups is 1. The van der Waals surface area contributed by atoms with Crippen molar-refractivity contribution >= 4 is 16.9 Å². The number of phenols is 1. The van der Waals surface area contributed by atoms with Gasteiger partial charge in [0.1, 0.15) is 11.6 Å². The van der Waals surface area contributed by atoms with Crippen molar-refractivity contribution in [1.29, 1.82) is 0 Å². The van der Waals surface area contributed by atoms with Crippen LogP contribution in [-0.4, -0.2) is 22.8 Å². The van der Waals surface area contributed by atoms with Crippen molar-refractivity contribution in [3.05, 3.63) is 53.3 Å². The van der Waals surface area contributed by atoms with Crippen LogP contribution in [0.3, 0.4) is 0 Å². The van der Waals surface area contributed by atoms with Gasteiger partial charge in [-0.1, -0.05) is 25.3 Å². The fourth-order valence-corrected chi connectivity index (χ4v) is 4.55. The molecule has 0 unspecified atom stereocenters. The van der Waals surface area contributed by atoms with Crippen LogP contribution in [0.15, 0.2) is 36.4 Å². The van der Waals surface area contributed by atoms with Crippen molar-refractivity contribution in [2.24, 2.45) is 7.05 Å². The Labute approximate surface area is 163 Å². The van der Waals surface area contributed by atoms with Crippen LogP contribution < -0.4 is 0 Å². The van der Waals surface area contributed by atoms with E-state index in [1.54, 1.807) is 12.1 Å². The zero-order chi connectivity index (χ0) is 19.8. The number of ether oxygens (including phenoxy) is 1. The molecular formula is C23H24FNO3. The maximum absolute atomic E-state index is 13.6. The Morgan fingerprint density at radius 3 is 2.57 bits per heavy atom. The SMILES string of the molecule is COC(=O)c1ccc2c(C3CCCCC3)c(-c3ccc(F)cc3O)n(C)c2c1. The molecule has 0 aliphatic heterocycles. The summed E-state index contributed by atoms with van der Waals surface area (Å²) in [7, 11) is 3.29. The average molecular weight is 381 g/mol. The van der Waals surface area contributed by atoms with Gasteiger partial charge >= 0.3 is 5.97 Å². The highest BCUT2D eigenvalue weighted by Gasteiger charge is 2.27. The highest BCUT2D eigenvalue weighted by Crippen LogP contribution is 2.45. The van der Waals surface area contributed by atoms with Gasteiger partial charge in [-0.15, -0.1) is 0 Å². The number of carbonyl (C=O) groups excluding carboxylic acids is 1. The molecule has 0 saturated heterocycles. The number of nitrogens with zero attached hydrogens (tertiary/aromatic N) is 1. The molecule has 3 aromatic rings. The first-order chi connectivity index (χ1) is 13.5. The van der Waals surface area contributed by atoms with Crippen molar-refractivity contribution in [3.63, 3.8) is 0 Å². The first-order valence-electron chi connectivity index (χ1n) is 9.70. The number of esters is 1. The molecule has 2 aromatic carbocycles. The number of hydrogen-bond acceptors (Lipinski definition) is 3. The number of benzene rings is 2. The molecule has 28 heavy (non-hydrogen) atoms. The molecule has 0 atom stereocenters. The van der Waals surface area contributed by atoms with Gasteiger partial charge in [-0.05, 0) is 48.6 Å². The number of fused-ring (bicyclic) bond motifs is 1. The zero-order valence-corrected chi connectivity index (χ0v) is 16.2. The molecule has 1 fully saturated rings. The largest absolute Gasteiger partial charge is 0.507 e. The molecule has 0 spiro atoms. The van der Waals surface area contributed by atoms with Crippen molar-refractivity contribution in [2.75, 3.05) is 7.11 Å². The summed E-state index contributed by atoms with van der Waals surface area (Å²) in [6.07, 6.45) is 5.77. The highest BCUT2D eigenvalue weighted by atomic mass is 19.1. The molecule has 1 aromatic heterocycles. The van der Waals surface area contributed by atoms with Crippen molar-refractivity contribution in [2.45, 2.75) is 38.0 Å². The van der Waals surface area contributed by atoms with Crippen LogP contribution in [0.25, 0.3) is 22.2 Å². The first-order valence-corrected chi connectivity index (χ1v) is 9.70. The lowest BCUT2D eigenvalue weighted by Gasteiger charge is -2.23. The van der Waals surface area contributed by atoms with E-state index in [0.717, 1.165) is 35.5 Å². The van der Waals surface area contributed by atoms with Gasteiger partial charge in [-0.3, -0.25) is 0 Å². The van der Waals surface area contributed by atoms with Crippen LogP contribution in [0.4, 0.5) is 4.39 Å². The maximum Gasteiger partial charge on any atom is 0.337 e. The molecule has 0 amide bonds. The Balaban J connectivity index is 2.00. The average Bonchev–Trinajstić information content (AvgIpc) is 3.00. The second-order valence-electron chi connectivity index (χ2n) is 7.54. The number of rotatable bonds is 3. The lowest BCUT2D eigenvalue weighted by atomic mass is 9.81. The third-order valence-corrected chi connectivity index (χ3v) is 5.89. The molecule has 4 nitrogen and oxygen atoms in total. The van der Waals surface area contributed by atoms with Gasteiger partial charge in [0, 0.05) is 29.6 Å². The molecule has 146 valence electrons. The van der Waals surface area contributed by atoms with Crippen molar-refractivity contribution in [3.8, 4) is 17.0 Å². The summed E-state index contributed by atoms with van der Waals surface area (Å²) in [5.74, 6) is -0.544. The fourth-order valence-electron chi connectivity index (χ4n) is 4.55. The van der Waals surface area contributed by atoms with E-state index < -0.39 is 5.82 Å². The summed E-state index contributed by atoms with van der Waals surface area (Å²) in [6, 6.07) is 9.74. The van der Waals surface area contributed by atoms with Crippen molar-refractivity contribution < 1.29 is 19.0 Å². The van der Waals surface area contributed by atoms with Gasteiger partial charge < -0.3 is 14.4 Å². The summed E-state index contributed by atoms with van der Waals surface area (Å²) < 4.78 is 20.5. The molecule has 1 saturated carbocycles. The topological polar surface area (TPSA) is 51.5 Å². The summed E-state index contributed by atoms with van der Waals surface area (Å²) in [6.45, 7) is 0. The predicted octanol–water partition coefficient (Wildman–Crippen LogP) is 5.52. The molecule has 1 aliphatic rings. The standard InChI is InChI=1S/C23H24FNO3/c1-25-19-12-15(23(27)28-2)8-10-17(19)21(14-6-4-3-5-7-14)22(25)18-11-9-16(24)13-20(18)26/h8-14,26H,3-7H2,1-2H3. The van der Waals surface area contributed by atoms with Gasteiger partial charge in [0.25, 0.3) is 0 Å². The van der Waals surface area contributed by atoms with Crippen molar-refractivity contribution in [1.82, 2.24) is 4.57 Å². The summed E-state index contributed by atoms with van der Waals surface area (Å²) in [4.78, 5) is 12.0. The summed E-state index contributed by atoms with van der Waals surface area (Å²) in [5, 5.41) is 11.5. The van der Waals surface area contributed by atoms with Crippen LogP contribution >= 0.6 is 0 Å². The van der Waals surface area contributed by atoms with Crippen LogP contribution in [0.2, 0.25) is 0 Å². The molecule has 1 N–H and O–H groups in total. The number of hydrogen-bond donors (Lipinski definition) is 1. The van der Waals surface area contributed by atoms with E-state index in [1.807, 2.05) is 23.7 Å². The van der Waals surface area contributed by atoms with Crippen LogP contribution in [-0.2, 0) is 11.8 Å². The molecule has 0 radical (unpaired) electrons. The van der Waals surface area contributed by atoms with E-state index in [0.29, 0.717) is 17.0 Å². The van der Waals surface area contributed by atoms with Crippen LogP contribution in [0, 0.1) is 5.82 Å². The lowest BCUT2D eigenvalue weighted by Crippen LogP contribution is -2.06. The summed E-state index contributed by atoms with van der Waals surface area (Å²) >= 11 is 0. The van der Waals surface area contributed by atoms with Gasteiger partial charge in [-0.25, -0.2) is 9.18 Å². The Kier molecular flexibility index (Phi) is 4.84. The van der Waals surface area contributed by atoms with E-state index in [2.05, 4.69) is 0 Å². The van der Waals surface area contributed by atoms with Crippen LogP contribution in [0.1, 0.15) is 53.9 Å². The van der Waals surface area contributed by atoms with Gasteiger partial charge in [0.15, 0.2) is 0 Å². The molecule has 1 aliphatic carbocycles. The van der Waals surface area contributed by atoms with E-state index >= 15 is 0 Å². The number of methoxy groups -OCH3 is 1. The third kappa shape index (κ3) is 3.05. The first kappa shape index (κ1) is 18.5. The summed E-state index contributed by atoms with van der Waals surface area (Å²) in [5.41, 5.74) is 4.07. The normalized spacial score (nSPS) is 15.1. The highest BCUT2D eigenvalue weighted by molar-refractivity contribution is 5.99.